The zero-order valence-electron chi connectivity index (χ0n) is 6.21. The van der Waals surface area contributed by atoms with E-state index in [-0.39, 0.29) is 8.11 Å². The van der Waals surface area contributed by atoms with Gasteiger partial charge in [-0.05, 0) is 11.7 Å². The summed E-state index contributed by atoms with van der Waals surface area (Å²) in [5.74, 6) is 0. The first-order chi connectivity index (χ1) is 4.10. The van der Waals surface area contributed by atoms with Gasteiger partial charge in [-0.2, -0.15) is 11.1 Å². The monoisotopic (exact) mass is 177 g/mol. The molecular formula is C6H14ClSi2. The summed E-state index contributed by atoms with van der Waals surface area (Å²) >= 11 is 6.14. The molecular weight excluding hydrogens is 164 g/mol. The molecule has 0 unspecified atom stereocenters. The largest absolute Gasteiger partial charge is 0.169 e. The first-order valence-electron chi connectivity index (χ1n) is 3.60. The minimum absolute atomic E-state index is 0.366. The number of hydrogen-bond donors (Lipinski definition) is 0. The molecule has 1 radical (unpaired) electrons. The van der Waals surface area contributed by atoms with Crippen LogP contribution in [0.15, 0.2) is 0 Å². The van der Waals surface area contributed by atoms with E-state index in [4.69, 9.17) is 11.1 Å². The Labute approximate surface area is 64.9 Å². The van der Waals surface area contributed by atoms with Gasteiger partial charge in [0.15, 0.2) is 8.11 Å². The zero-order valence-corrected chi connectivity index (χ0v) is 8.96. The van der Waals surface area contributed by atoms with E-state index in [9.17, 15) is 0 Å². The van der Waals surface area contributed by atoms with Crippen LogP contribution in [0, 0.1) is 0 Å². The van der Waals surface area contributed by atoms with Crippen LogP contribution in [0.25, 0.3) is 0 Å². The standard InChI is InChI=1S/C6H14ClSi2/c1-9(2)5-3-4-8(7)6-9/h3-6H2,1-2H3. The highest BCUT2D eigenvalue weighted by Crippen LogP contribution is 2.29. The van der Waals surface area contributed by atoms with Gasteiger partial charge in [0.05, 0.1) is 0 Å². The number of halogens is 1. The van der Waals surface area contributed by atoms with E-state index >= 15 is 0 Å². The highest BCUT2D eigenvalue weighted by atomic mass is 35.6. The summed E-state index contributed by atoms with van der Waals surface area (Å²) < 4.78 is 0. The predicted octanol–water partition coefficient (Wildman–Crippen LogP) is 2.87. The zero-order chi connectivity index (χ0) is 6.91. The van der Waals surface area contributed by atoms with Crippen molar-refractivity contribution >= 4 is 27.3 Å². The molecule has 1 fully saturated rings. The Hall–Kier alpha value is 0.724. The van der Waals surface area contributed by atoms with E-state index in [1.807, 2.05) is 0 Å². The number of rotatable bonds is 0. The average molecular weight is 178 g/mol. The van der Waals surface area contributed by atoms with Gasteiger partial charge in [0.25, 0.3) is 0 Å². The Kier molecular flexibility index (Phi) is 2.40. The van der Waals surface area contributed by atoms with Crippen LogP contribution in [0.2, 0.25) is 30.8 Å². The van der Waals surface area contributed by atoms with E-state index in [0.717, 1.165) is 0 Å². The van der Waals surface area contributed by atoms with Crippen molar-refractivity contribution in [2.45, 2.75) is 37.3 Å². The molecule has 1 saturated heterocycles. The fourth-order valence-electron chi connectivity index (χ4n) is 1.45. The number of hydrogen-bond acceptors (Lipinski definition) is 0. The molecule has 9 heavy (non-hydrogen) atoms. The van der Waals surface area contributed by atoms with E-state index in [1.165, 1.54) is 24.2 Å². The molecule has 0 aliphatic carbocycles. The maximum Gasteiger partial charge on any atom is 0.162 e. The molecule has 0 nitrogen and oxygen atoms in total. The Bertz CT molecular complexity index is 103. The van der Waals surface area contributed by atoms with E-state index < -0.39 is 8.07 Å². The van der Waals surface area contributed by atoms with E-state index in [0.29, 0.717) is 0 Å². The van der Waals surface area contributed by atoms with Crippen molar-refractivity contribution in [3.05, 3.63) is 0 Å². The first-order valence-corrected chi connectivity index (χ1v) is 9.94. The van der Waals surface area contributed by atoms with Crippen LogP contribution in [0.3, 0.4) is 0 Å². The topological polar surface area (TPSA) is 0 Å². The van der Waals surface area contributed by atoms with Gasteiger partial charge >= 0.3 is 0 Å². The summed E-state index contributed by atoms with van der Waals surface area (Å²) in [6.45, 7) is 4.94. The molecule has 1 aliphatic rings. The third-order valence-corrected chi connectivity index (χ3v) is 11.7. The SMILES string of the molecule is C[Si]1(C)CCC[Si](Cl)C1. The highest BCUT2D eigenvalue weighted by molar-refractivity contribution is 7.13. The summed E-state index contributed by atoms with van der Waals surface area (Å²) in [7, 11) is -1.11. The maximum atomic E-state index is 6.14. The smallest absolute Gasteiger partial charge is 0.162 e. The highest BCUT2D eigenvalue weighted by Gasteiger charge is 2.29. The van der Waals surface area contributed by atoms with Gasteiger partial charge in [0, 0.05) is 8.07 Å². The van der Waals surface area contributed by atoms with Gasteiger partial charge < -0.3 is 0 Å². The summed E-state index contributed by atoms with van der Waals surface area (Å²) in [6.07, 6.45) is 1.43. The normalized spacial score (nSPS) is 28.3. The van der Waals surface area contributed by atoms with Gasteiger partial charge in [-0.1, -0.05) is 25.6 Å². The molecule has 1 heterocycles. The van der Waals surface area contributed by atoms with Crippen molar-refractivity contribution in [3.8, 4) is 0 Å². The Morgan fingerprint density at radius 1 is 1.44 bits per heavy atom. The van der Waals surface area contributed by atoms with Gasteiger partial charge in [0.1, 0.15) is 0 Å². The van der Waals surface area contributed by atoms with Gasteiger partial charge in [0.2, 0.25) is 0 Å². The molecule has 0 atom stereocenters. The summed E-state index contributed by atoms with van der Waals surface area (Å²) in [4.78, 5) is 0. The quantitative estimate of drug-likeness (QED) is 0.395. The second-order valence-corrected chi connectivity index (χ2v) is 13.1. The third-order valence-electron chi connectivity index (χ3n) is 1.97. The van der Waals surface area contributed by atoms with Crippen LogP contribution in [0.1, 0.15) is 6.42 Å². The van der Waals surface area contributed by atoms with Crippen molar-refractivity contribution in [1.82, 2.24) is 0 Å². The second-order valence-electron chi connectivity index (χ2n) is 3.71. The Morgan fingerprint density at radius 2 is 2.11 bits per heavy atom. The van der Waals surface area contributed by atoms with Crippen molar-refractivity contribution < 1.29 is 0 Å². The van der Waals surface area contributed by atoms with Crippen molar-refractivity contribution in [1.29, 1.82) is 0 Å². The summed E-state index contributed by atoms with van der Waals surface area (Å²) in [5, 5.41) is 0. The van der Waals surface area contributed by atoms with E-state index in [2.05, 4.69) is 13.1 Å². The molecule has 0 spiro atoms. The first kappa shape index (κ1) is 7.83. The molecule has 0 bridgehead atoms. The maximum absolute atomic E-state index is 6.14. The van der Waals surface area contributed by atoms with Crippen LogP contribution in [0.5, 0.6) is 0 Å². The molecule has 0 N–H and O–H groups in total. The Balaban J connectivity index is 2.41. The molecule has 0 aromatic heterocycles. The van der Waals surface area contributed by atoms with Crippen molar-refractivity contribution in [3.63, 3.8) is 0 Å². The fourth-order valence-corrected chi connectivity index (χ4v) is 12.7. The lowest BCUT2D eigenvalue weighted by Gasteiger charge is -2.28. The van der Waals surface area contributed by atoms with Crippen LogP contribution >= 0.6 is 11.1 Å². The molecule has 1 rings (SSSR count). The molecule has 0 saturated carbocycles. The van der Waals surface area contributed by atoms with Gasteiger partial charge in [-0.25, -0.2) is 0 Å². The Morgan fingerprint density at radius 3 is 2.44 bits per heavy atom. The lowest BCUT2D eigenvalue weighted by atomic mass is 10.6. The van der Waals surface area contributed by atoms with Crippen LogP contribution in [-0.2, 0) is 0 Å². The second kappa shape index (κ2) is 2.76. The van der Waals surface area contributed by atoms with Crippen LogP contribution < -0.4 is 0 Å². The van der Waals surface area contributed by atoms with Crippen LogP contribution in [-0.4, -0.2) is 16.2 Å². The van der Waals surface area contributed by atoms with Crippen LogP contribution in [0.4, 0.5) is 0 Å². The molecule has 3 heteroatoms. The van der Waals surface area contributed by atoms with Crippen molar-refractivity contribution in [2.75, 3.05) is 0 Å². The molecule has 0 aromatic rings. The fraction of sp³-hybridized carbons (Fsp3) is 1.00. The predicted molar refractivity (Wildman–Crippen MR) is 48.1 cm³/mol. The van der Waals surface area contributed by atoms with Crippen molar-refractivity contribution in [2.24, 2.45) is 0 Å². The molecule has 1 aliphatic heterocycles. The minimum Gasteiger partial charge on any atom is -0.169 e. The van der Waals surface area contributed by atoms with Gasteiger partial charge in [-0.3, -0.25) is 0 Å². The molecule has 53 valence electrons. The van der Waals surface area contributed by atoms with E-state index in [1.54, 1.807) is 0 Å². The molecule has 0 aromatic carbocycles. The molecule has 0 amide bonds. The summed E-state index contributed by atoms with van der Waals surface area (Å²) in [5.41, 5.74) is 1.44. The minimum atomic E-state index is -0.740. The van der Waals surface area contributed by atoms with Gasteiger partial charge in [-0.15, -0.1) is 0 Å². The third kappa shape index (κ3) is 2.44. The summed E-state index contributed by atoms with van der Waals surface area (Å²) in [6, 6.07) is 2.89. The lowest BCUT2D eigenvalue weighted by Crippen LogP contribution is -2.34. The lowest BCUT2D eigenvalue weighted by molar-refractivity contribution is 1.00. The average Bonchev–Trinajstić information content (AvgIpc) is 1.60.